The van der Waals surface area contributed by atoms with Crippen molar-refractivity contribution in [1.29, 1.82) is 0 Å². The predicted octanol–water partition coefficient (Wildman–Crippen LogP) is 4.01. The highest BCUT2D eigenvalue weighted by Crippen LogP contribution is 2.31. The number of benzene rings is 2. The number of hydrogen-bond donors (Lipinski definition) is 1. The molecule has 0 fully saturated rings. The highest BCUT2D eigenvalue weighted by atomic mass is 35.5. The molecule has 0 saturated heterocycles. The van der Waals surface area contributed by atoms with E-state index in [9.17, 15) is 4.39 Å². The molecule has 0 unspecified atom stereocenters. The van der Waals surface area contributed by atoms with E-state index in [-0.39, 0.29) is 18.2 Å². The number of halogens is 2. The van der Waals surface area contributed by atoms with Crippen LogP contribution >= 0.6 is 12.4 Å². The maximum atomic E-state index is 13.5. The van der Waals surface area contributed by atoms with E-state index in [1.165, 1.54) is 12.1 Å². The molecule has 3 nitrogen and oxygen atoms in total. The summed E-state index contributed by atoms with van der Waals surface area (Å²) < 4.78 is 19.3. The predicted molar refractivity (Wildman–Crippen MR) is 88.3 cm³/mol. The summed E-state index contributed by atoms with van der Waals surface area (Å²) in [5.41, 5.74) is 2.58. The molecule has 0 aliphatic carbocycles. The molecule has 1 aromatic heterocycles. The van der Waals surface area contributed by atoms with Crippen molar-refractivity contribution in [2.75, 3.05) is 13.1 Å². The smallest absolute Gasteiger partial charge is 0.170 e. The Kier molecular flexibility index (Phi) is 3.86. The van der Waals surface area contributed by atoms with Gasteiger partial charge in [-0.25, -0.2) is 4.39 Å². The molecule has 0 spiro atoms. The van der Waals surface area contributed by atoms with Crippen LogP contribution in [0.15, 0.2) is 57.9 Å². The lowest BCUT2D eigenvalue weighted by molar-refractivity contribution is 0.602. The van der Waals surface area contributed by atoms with E-state index in [1.54, 1.807) is 6.07 Å². The lowest BCUT2D eigenvalue weighted by Crippen LogP contribution is -2.18. The van der Waals surface area contributed by atoms with Crippen molar-refractivity contribution in [3.8, 4) is 11.1 Å². The first-order valence-corrected chi connectivity index (χ1v) is 6.88. The fraction of sp³-hybridized carbons (Fsp3) is 0.118. The summed E-state index contributed by atoms with van der Waals surface area (Å²) in [5.74, 6) is 1.28. The molecule has 0 bridgehead atoms. The monoisotopic (exact) mass is 316 g/mol. The molecular formula is C17H14ClFN2O. The van der Waals surface area contributed by atoms with Gasteiger partial charge in [0.15, 0.2) is 11.6 Å². The van der Waals surface area contributed by atoms with Crippen molar-refractivity contribution in [2.24, 2.45) is 4.99 Å². The van der Waals surface area contributed by atoms with E-state index < -0.39 is 0 Å². The maximum Gasteiger partial charge on any atom is 0.170 e. The van der Waals surface area contributed by atoms with E-state index in [0.717, 1.165) is 46.8 Å². The van der Waals surface area contributed by atoms with Crippen LogP contribution in [0, 0.1) is 5.82 Å². The average molecular weight is 317 g/mol. The Morgan fingerprint density at radius 3 is 2.73 bits per heavy atom. The van der Waals surface area contributed by atoms with Gasteiger partial charge in [0.1, 0.15) is 11.4 Å². The standard InChI is InChI=1S/C17H13FN2O.ClH/c18-12-4-1-3-11(9-12)13-5-2-6-15-14(13)10-16(21-15)17-19-7-8-20-17;/h1-6,9-10H,7-8H2,(H,19,20);1H. The van der Waals surface area contributed by atoms with E-state index in [0.29, 0.717) is 0 Å². The third kappa shape index (κ3) is 2.46. The van der Waals surface area contributed by atoms with Crippen molar-refractivity contribution >= 4 is 29.2 Å². The zero-order chi connectivity index (χ0) is 14.2. The third-order valence-corrected chi connectivity index (χ3v) is 3.60. The normalized spacial score (nSPS) is 13.6. The summed E-state index contributed by atoms with van der Waals surface area (Å²) in [6, 6.07) is 14.4. The first kappa shape index (κ1) is 14.6. The van der Waals surface area contributed by atoms with Gasteiger partial charge in [-0.05, 0) is 35.4 Å². The lowest BCUT2D eigenvalue weighted by atomic mass is 10.0. The molecule has 1 aliphatic heterocycles. The topological polar surface area (TPSA) is 37.5 Å². The Morgan fingerprint density at radius 2 is 1.95 bits per heavy atom. The Hall–Kier alpha value is -2.33. The molecule has 4 rings (SSSR count). The Balaban J connectivity index is 0.00000144. The number of rotatable bonds is 2. The number of aliphatic imine (C=N–C) groups is 1. The second-order valence-corrected chi connectivity index (χ2v) is 5.00. The molecule has 2 heterocycles. The Bertz CT molecular complexity index is 857. The van der Waals surface area contributed by atoms with Gasteiger partial charge in [-0.15, -0.1) is 12.4 Å². The van der Waals surface area contributed by atoms with Crippen molar-refractivity contribution in [3.05, 3.63) is 60.1 Å². The van der Waals surface area contributed by atoms with Gasteiger partial charge in [0.2, 0.25) is 0 Å². The average Bonchev–Trinajstić information content (AvgIpc) is 3.15. The highest BCUT2D eigenvalue weighted by molar-refractivity contribution is 6.03. The summed E-state index contributed by atoms with van der Waals surface area (Å²) in [4.78, 5) is 4.37. The van der Waals surface area contributed by atoms with Gasteiger partial charge < -0.3 is 9.73 Å². The van der Waals surface area contributed by atoms with Crippen LogP contribution in [0.1, 0.15) is 5.76 Å². The summed E-state index contributed by atoms with van der Waals surface area (Å²) in [6.45, 7) is 1.60. The summed E-state index contributed by atoms with van der Waals surface area (Å²) in [5, 5.41) is 4.17. The molecule has 1 N–H and O–H groups in total. The molecule has 1 aliphatic rings. The fourth-order valence-corrected chi connectivity index (χ4v) is 2.65. The van der Waals surface area contributed by atoms with Crippen LogP contribution in [-0.4, -0.2) is 18.9 Å². The molecule has 0 atom stereocenters. The second kappa shape index (κ2) is 5.81. The molecule has 22 heavy (non-hydrogen) atoms. The SMILES string of the molecule is Cl.Fc1cccc(-c2cccc3oc(C4=NCCN4)cc23)c1. The summed E-state index contributed by atoms with van der Waals surface area (Å²) >= 11 is 0. The van der Waals surface area contributed by atoms with E-state index in [4.69, 9.17) is 4.42 Å². The molecule has 0 radical (unpaired) electrons. The Labute approximate surface area is 133 Å². The van der Waals surface area contributed by atoms with Crippen LogP contribution in [-0.2, 0) is 0 Å². The Morgan fingerprint density at radius 1 is 1.09 bits per heavy atom. The molecule has 0 saturated carbocycles. The number of hydrogen-bond acceptors (Lipinski definition) is 3. The molecule has 5 heteroatoms. The van der Waals surface area contributed by atoms with Crippen LogP contribution in [0.2, 0.25) is 0 Å². The van der Waals surface area contributed by atoms with Crippen LogP contribution in [0.3, 0.4) is 0 Å². The first-order valence-electron chi connectivity index (χ1n) is 6.88. The fourth-order valence-electron chi connectivity index (χ4n) is 2.65. The van der Waals surface area contributed by atoms with Crippen molar-refractivity contribution in [1.82, 2.24) is 5.32 Å². The van der Waals surface area contributed by atoms with Crippen molar-refractivity contribution in [2.45, 2.75) is 0 Å². The van der Waals surface area contributed by atoms with Gasteiger partial charge >= 0.3 is 0 Å². The maximum absolute atomic E-state index is 13.5. The van der Waals surface area contributed by atoms with Gasteiger partial charge in [0.25, 0.3) is 0 Å². The van der Waals surface area contributed by atoms with Crippen LogP contribution < -0.4 is 5.32 Å². The zero-order valence-corrected chi connectivity index (χ0v) is 12.5. The van der Waals surface area contributed by atoms with Gasteiger partial charge in [-0.1, -0.05) is 24.3 Å². The van der Waals surface area contributed by atoms with Crippen molar-refractivity contribution in [3.63, 3.8) is 0 Å². The third-order valence-electron chi connectivity index (χ3n) is 3.60. The van der Waals surface area contributed by atoms with Crippen molar-refractivity contribution < 1.29 is 8.81 Å². The van der Waals surface area contributed by atoms with E-state index in [2.05, 4.69) is 10.3 Å². The summed E-state index contributed by atoms with van der Waals surface area (Å²) in [7, 11) is 0. The van der Waals surface area contributed by atoms with Crippen LogP contribution in [0.25, 0.3) is 22.1 Å². The van der Waals surface area contributed by atoms with Crippen LogP contribution in [0.4, 0.5) is 4.39 Å². The van der Waals surface area contributed by atoms with E-state index >= 15 is 0 Å². The first-order chi connectivity index (χ1) is 10.3. The molecule has 0 amide bonds. The van der Waals surface area contributed by atoms with Gasteiger partial charge in [0, 0.05) is 11.9 Å². The van der Waals surface area contributed by atoms with Gasteiger partial charge in [-0.3, -0.25) is 4.99 Å². The second-order valence-electron chi connectivity index (χ2n) is 5.00. The van der Waals surface area contributed by atoms with Crippen LogP contribution in [0.5, 0.6) is 0 Å². The molecule has 3 aromatic rings. The quantitative estimate of drug-likeness (QED) is 0.775. The molecule has 2 aromatic carbocycles. The van der Waals surface area contributed by atoms with Gasteiger partial charge in [-0.2, -0.15) is 0 Å². The number of amidine groups is 1. The van der Waals surface area contributed by atoms with E-state index in [1.807, 2.05) is 30.3 Å². The minimum absolute atomic E-state index is 0. The minimum Gasteiger partial charge on any atom is -0.453 e. The summed E-state index contributed by atoms with van der Waals surface area (Å²) in [6.07, 6.45) is 0. The molecular weight excluding hydrogens is 303 g/mol. The number of nitrogens with one attached hydrogen (secondary N) is 1. The van der Waals surface area contributed by atoms with Gasteiger partial charge in [0.05, 0.1) is 6.54 Å². The number of fused-ring (bicyclic) bond motifs is 1. The number of nitrogens with zero attached hydrogens (tertiary/aromatic N) is 1. The molecule has 112 valence electrons. The number of furan rings is 1. The largest absolute Gasteiger partial charge is 0.453 e. The zero-order valence-electron chi connectivity index (χ0n) is 11.7. The minimum atomic E-state index is -0.241. The highest BCUT2D eigenvalue weighted by Gasteiger charge is 2.15. The lowest BCUT2D eigenvalue weighted by Gasteiger charge is -2.02.